The Balaban J connectivity index is 1.59. The van der Waals surface area contributed by atoms with Crippen molar-refractivity contribution in [3.05, 3.63) is 65.7 Å². The van der Waals surface area contributed by atoms with Crippen LogP contribution in [0.3, 0.4) is 0 Å². The van der Waals surface area contributed by atoms with Gasteiger partial charge in [-0.2, -0.15) is 0 Å². The summed E-state index contributed by atoms with van der Waals surface area (Å²) in [6.07, 6.45) is 0.809. The molecule has 20 heavy (non-hydrogen) atoms. The average Bonchev–Trinajstić information content (AvgIpc) is 2.53. The highest BCUT2D eigenvalue weighted by Crippen LogP contribution is 2.24. The number of rotatable bonds is 3. The van der Waals surface area contributed by atoms with Crippen LogP contribution in [0, 0.1) is 5.92 Å². The van der Waals surface area contributed by atoms with Crippen LogP contribution in [0.1, 0.15) is 11.1 Å². The van der Waals surface area contributed by atoms with Crippen molar-refractivity contribution < 1.29 is 4.79 Å². The van der Waals surface area contributed by atoms with E-state index in [2.05, 4.69) is 22.8 Å². The monoisotopic (exact) mass is 266 g/mol. The maximum Gasteiger partial charge on any atom is 0.225 e. The first-order valence-electron chi connectivity index (χ1n) is 6.96. The van der Waals surface area contributed by atoms with Gasteiger partial charge in [-0.05, 0) is 23.6 Å². The Morgan fingerprint density at radius 2 is 1.85 bits per heavy atom. The highest BCUT2D eigenvalue weighted by Gasteiger charge is 2.23. The van der Waals surface area contributed by atoms with Crippen LogP contribution in [-0.4, -0.2) is 12.5 Å². The van der Waals surface area contributed by atoms with Crippen LogP contribution < -0.4 is 10.6 Å². The predicted octanol–water partition coefficient (Wildman–Crippen LogP) is 2.59. The summed E-state index contributed by atoms with van der Waals surface area (Å²) in [7, 11) is 0. The normalized spacial score (nSPS) is 16.9. The maximum absolute atomic E-state index is 12.2. The Hall–Kier alpha value is -2.29. The molecule has 0 aromatic heterocycles. The van der Waals surface area contributed by atoms with E-state index in [9.17, 15) is 4.79 Å². The lowest BCUT2D eigenvalue weighted by Gasteiger charge is -2.25. The van der Waals surface area contributed by atoms with E-state index in [0.29, 0.717) is 13.1 Å². The van der Waals surface area contributed by atoms with Crippen molar-refractivity contribution in [2.45, 2.75) is 13.0 Å². The van der Waals surface area contributed by atoms with E-state index in [-0.39, 0.29) is 11.8 Å². The zero-order valence-electron chi connectivity index (χ0n) is 11.3. The molecule has 0 spiro atoms. The molecule has 0 radical (unpaired) electrons. The van der Waals surface area contributed by atoms with Crippen LogP contribution in [0.25, 0.3) is 0 Å². The third-order valence-corrected chi connectivity index (χ3v) is 3.70. The summed E-state index contributed by atoms with van der Waals surface area (Å²) >= 11 is 0. The van der Waals surface area contributed by atoms with Crippen molar-refractivity contribution >= 4 is 11.6 Å². The fourth-order valence-electron chi connectivity index (χ4n) is 2.56. The molecule has 1 atom stereocenters. The van der Waals surface area contributed by atoms with Crippen molar-refractivity contribution in [2.24, 2.45) is 5.92 Å². The molecule has 0 saturated carbocycles. The molecule has 0 fully saturated rings. The summed E-state index contributed by atoms with van der Waals surface area (Å²) < 4.78 is 0. The number of benzene rings is 2. The first-order valence-corrected chi connectivity index (χ1v) is 6.96. The second-order valence-electron chi connectivity index (χ2n) is 5.14. The summed E-state index contributed by atoms with van der Waals surface area (Å²) in [4.78, 5) is 12.2. The van der Waals surface area contributed by atoms with Gasteiger partial charge in [0.05, 0.1) is 5.92 Å². The van der Waals surface area contributed by atoms with Gasteiger partial charge in [-0.3, -0.25) is 4.79 Å². The van der Waals surface area contributed by atoms with Crippen LogP contribution >= 0.6 is 0 Å². The van der Waals surface area contributed by atoms with E-state index in [4.69, 9.17) is 0 Å². The molecule has 1 amide bonds. The van der Waals surface area contributed by atoms with Crippen molar-refractivity contribution in [3.63, 3.8) is 0 Å². The van der Waals surface area contributed by atoms with Gasteiger partial charge in [-0.1, -0.05) is 48.5 Å². The molecule has 1 aliphatic rings. The molecule has 102 valence electrons. The number of hydrogen-bond donors (Lipinski definition) is 2. The van der Waals surface area contributed by atoms with Gasteiger partial charge < -0.3 is 10.6 Å². The molecule has 0 bridgehead atoms. The maximum atomic E-state index is 12.2. The van der Waals surface area contributed by atoms with E-state index >= 15 is 0 Å². The molecule has 1 unspecified atom stereocenters. The predicted molar refractivity (Wildman–Crippen MR) is 80.4 cm³/mol. The molecule has 0 aliphatic carbocycles. The van der Waals surface area contributed by atoms with E-state index < -0.39 is 0 Å². The summed E-state index contributed by atoms with van der Waals surface area (Å²) in [5.74, 6) is 0.129. The van der Waals surface area contributed by atoms with Gasteiger partial charge in [-0.25, -0.2) is 0 Å². The Kier molecular flexibility index (Phi) is 3.68. The van der Waals surface area contributed by atoms with Crippen LogP contribution in [0.5, 0.6) is 0 Å². The molecule has 2 N–H and O–H groups in total. The van der Waals surface area contributed by atoms with Gasteiger partial charge in [0.15, 0.2) is 0 Å². The molecule has 3 heteroatoms. The molecular formula is C17H18N2O. The lowest BCUT2D eigenvalue weighted by Crippen LogP contribution is -2.37. The highest BCUT2D eigenvalue weighted by atomic mass is 16.1. The summed E-state index contributed by atoms with van der Waals surface area (Å²) in [5.41, 5.74) is 3.50. The van der Waals surface area contributed by atoms with E-state index in [1.54, 1.807) is 0 Å². The molecular weight excluding hydrogens is 248 g/mol. The Morgan fingerprint density at radius 1 is 1.10 bits per heavy atom. The Labute approximate surface area is 119 Å². The molecule has 2 aromatic rings. The van der Waals surface area contributed by atoms with Gasteiger partial charge in [-0.15, -0.1) is 0 Å². The fourth-order valence-corrected chi connectivity index (χ4v) is 2.56. The number of carbonyl (C=O) groups is 1. The third kappa shape index (κ3) is 2.82. The number of anilines is 1. The molecule has 3 rings (SSSR count). The smallest absolute Gasteiger partial charge is 0.225 e. The van der Waals surface area contributed by atoms with E-state index in [0.717, 1.165) is 17.7 Å². The lowest BCUT2D eigenvalue weighted by atomic mass is 9.93. The fraction of sp³-hybridized carbons (Fsp3) is 0.235. The summed E-state index contributed by atoms with van der Waals surface area (Å²) in [6.45, 7) is 1.30. The average molecular weight is 266 g/mol. The van der Waals surface area contributed by atoms with E-state index in [1.165, 1.54) is 5.56 Å². The topological polar surface area (TPSA) is 41.1 Å². The van der Waals surface area contributed by atoms with Crippen LogP contribution in [0.15, 0.2) is 54.6 Å². The molecule has 1 heterocycles. The van der Waals surface area contributed by atoms with Gasteiger partial charge in [0, 0.05) is 18.8 Å². The van der Waals surface area contributed by atoms with Crippen LogP contribution in [-0.2, 0) is 17.8 Å². The van der Waals surface area contributed by atoms with Crippen LogP contribution in [0.2, 0.25) is 0 Å². The Bertz CT molecular complexity index is 595. The van der Waals surface area contributed by atoms with Crippen molar-refractivity contribution in [3.8, 4) is 0 Å². The second-order valence-corrected chi connectivity index (χ2v) is 5.14. The molecule has 3 nitrogen and oxygen atoms in total. The second kappa shape index (κ2) is 5.78. The standard InChI is InChI=1S/C17H18N2O/c20-17(19-11-13-6-2-1-3-7-13)15-10-14-8-4-5-9-16(14)18-12-15/h1-9,15,18H,10-12H2,(H,19,20). The van der Waals surface area contributed by atoms with Crippen molar-refractivity contribution in [1.82, 2.24) is 5.32 Å². The third-order valence-electron chi connectivity index (χ3n) is 3.70. The first-order chi connectivity index (χ1) is 9.83. The largest absolute Gasteiger partial charge is 0.384 e. The lowest BCUT2D eigenvalue weighted by molar-refractivity contribution is -0.124. The molecule has 0 saturated heterocycles. The van der Waals surface area contributed by atoms with Crippen LogP contribution in [0.4, 0.5) is 5.69 Å². The number of para-hydroxylation sites is 1. The minimum absolute atomic E-state index is 0.00797. The number of hydrogen-bond acceptors (Lipinski definition) is 2. The summed E-state index contributed by atoms with van der Waals surface area (Å²) in [5, 5.41) is 6.35. The zero-order chi connectivity index (χ0) is 13.8. The van der Waals surface area contributed by atoms with Gasteiger partial charge in [0.25, 0.3) is 0 Å². The Morgan fingerprint density at radius 3 is 2.70 bits per heavy atom. The van der Waals surface area contributed by atoms with Crippen molar-refractivity contribution in [2.75, 3.05) is 11.9 Å². The minimum Gasteiger partial charge on any atom is -0.384 e. The molecule has 2 aromatic carbocycles. The van der Waals surface area contributed by atoms with Gasteiger partial charge in [0.2, 0.25) is 5.91 Å². The number of amides is 1. The zero-order valence-corrected chi connectivity index (χ0v) is 11.3. The van der Waals surface area contributed by atoms with Gasteiger partial charge in [0.1, 0.15) is 0 Å². The highest BCUT2D eigenvalue weighted by molar-refractivity contribution is 5.80. The quantitative estimate of drug-likeness (QED) is 0.896. The number of nitrogens with one attached hydrogen (secondary N) is 2. The first kappa shape index (κ1) is 12.7. The number of carbonyl (C=O) groups excluding carboxylic acids is 1. The minimum atomic E-state index is 0.00797. The summed E-state index contributed by atoms with van der Waals surface area (Å²) in [6, 6.07) is 18.2. The van der Waals surface area contributed by atoms with E-state index in [1.807, 2.05) is 42.5 Å². The van der Waals surface area contributed by atoms with Crippen molar-refractivity contribution in [1.29, 1.82) is 0 Å². The molecule has 1 aliphatic heterocycles. The number of fused-ring (bicyclic) bond motifs is 1. The van der Waals surface area contributed by atoms with Gasteiger partial charge >= 0.3 is 0 Å². The SMILES string of the molecule is O=C(NCc1ccccc1)C1CNc2ccccc2C1.